The Labute approximate surface area is 128 Å². The summed E-state index contributed by atoms with van der Waals surface area (Å²) in [6, 6.07) is 0. The second-order valence-corrected chi connectivity index (χ2v) is 5.86. The van der Waals surface area contributed by atoms with Crippen molar-refractivity contribution in [2.45, 2.75) is 47.0 Å². The summed E-state index contributed by atoms with van der Waals surface area (Å²) in [4.78, 5) is 10.5. The third kappa shape index (κ3) is 6.44. The average molecular weight is 286 g/mol. The predicted octanol–water partition coefficient (Wildman–Crippen LogP) is 5.21. The second kappa shape index (κ2) is 8.46. The van der Waals surface area contributed by atoms with Gasteiger partial charge in [0.25, 0.3) is 0 Å². The zero-order valence-electron chi connectivity index (χ0n) is 13.5. The highest BCUT2D eigenvalue weighted by atomic mass is 16.4. The van der Waals surface area contributed by atoms with E-state index in [0.29, 0.717) is 5.92 Å². The molecule has 0 heterocycles. The van der Waals surface area contributed by atoms with Gasteiger partial charge in [-0.2, -0.15) is 0 Å². The van der Waals surface area contributed by atoms with E-state index < -0.39 is 5.97 Å². The van der Waals surface area contributed by atoms with Crippen LogP contribution in [0.2, 0.25) is 0 Å². The van der Waals surface area contributed by atoms with E-state index in [0.717, 1.165) is 11.1 Å². The highest BCUT2D eigenvalue weighted by Crippen LogP contribution is 2.30. The quantitative estimate of drug-likeness (QED) is 0.556. The zero-order chi connectivity index (χ0) is 15.8. The molecule has 1 aliphatic carbocycles. The van der Waals surface area contributed by atoms with Crippen molar-refractivity contribution < 1.29 is 9.90 Å². The zero-order valence-corrected chi connectivity index (χ0v) is 13.5. The minimum atomic E-state index is -0.911. The van der Waals surface area contributed by atoms with E-state index in [4.69, 9.17) is 5.11 Å². The molecular weight excluding hydrogens is 260 g/mol. The summed E-state index contributed by atoms with van der Waals surface area (Å²) >= 11 is 0. The minimum absolute atomic E-state index is 0.652. The molecule has 114 valence electrons. The summed E-state index contributed by atoms with van der Waals surface area (Å²) in [7, 11) is 0. The van der Waals surface area contributed by atoms with Gasteiger partial charge in [0.2, 0.25) is 0 Å². The smallest absolute Gasteiger partial charge is 0.328 e. The van der Waals surface area contributed by atoms with Gasteiger partial charge in [-0.25, -0.2) is 4.79 Å². The fourth-order valence-corrected chi connectivity index (χ4v) is 2.57. The van der Waals surface area contributed by atoms with Crippen LogP contribution in [0.25, 0.3) is 0 Å². The fraction of sp³-hybridized carbons (Fsp3) is 0.421. The van der Waals surface area contributed by atoms with Gasteiger partial charge >= 0.3 is 5.97 Å². The summed E-state index contributed by atoms with van der Waals surface area (Å²) < 4.78 is 0. The molecule has 0 fully saturated rings. The molecule has 0 spiro atoms. The molecular formula is C19H26O2. The lowest BCUT2D eigenvalue weighted by molar-refractivity contribution is -0.131. The van der Waals surface area contributed by atoms with Crippen LogP contribution in [0, 0.1) is 5.92 Å². The average Bonchev–Trinajstić information content (AvgIpc) is 2.37. The maximum absolute atomic E-state index is 10.5. The molecule has 0 aromatic rings. The third-order valence-corrected chi connectivity index (χ3v) is 3.81. The lowest BCUT2D eigenvalue weighted by Gasteiger charge is -2.22. The molecule has 0 aromatic heterocycles. The molecule has 0 aliphatic heterocycles. The standard InChI is InChI=1S/C19H26O2/c1-14(7-5-8-15(2)13-19(20)21)11-12-18-16(3)9-6-10-17(18)4/h5,7-8,11-13,16H,6,9-10H2,1-4H3,(H,20,21)/b8-5+,12-11+,14-7-,15-13+. The number of carboxylic acids is 1. The predicted molar refractivity (Wildman–Crippen MR) is 89.1 cm³/mol. The van der Waals surface area contributed by atoms with Crippen LogP contribution in [0.3, 0.4) is 0 Å². The molecule has 0 amide bonds. The summed E-state index contributed by atoms with van der Waals surface area (Å²) in [5.74, 6) is -0.259. The second-order valence-electron chi connectivity index (χ2n) is 5.86. The Morgan fingerprint density at radius 3 is 2.57 bits per heavy atom. The van der Waals surface area contributed by atoms with Gasteiger partial charge in [0.05, 0.1) is 0 Å². The van der Waals surface area contributed by atoms with Crippen molar-refractivity contribution in [3.05, 3.63) is 58.7 Å². The van der Waals surface area contributed by atoms with E-state index in [-0.39, 0.29) is 0 Å². The number of hydrogen-bond donors (Lipinski definition) is 1. The van der Waals surface area contributed by atoms with Gasteiger partial charge in [0.1, 0.15) is 0 Å². The van der Waals surface area contributed by atoms with Crippen molar-refractivity contribution in [3.63, 3.8) is 0 Å². The van der Waals surface area contributed by atoms with Crippen LogP contribution in [-0.2, 0) is 4.79 Å². The first-order valence-electron chi connectivity index (χ1n) is 7.54. The molecule has 1 unspecified atom stereocenters. The number of rotatable bonds is 5. The Morgan fingerprint density at radius 2 is 1.95 bits per heavy atom. The fourth-order valence-electron chi connectivity index (χ4n) is 2.57. The molecule has 1 rings (SSSR count). The molecule has 21 heavy (non-hydrogen) atoms. The first-order valence-corrected chi connectivity index (χ1v) is 7.54. The van der Waals surface area contributed by atoms with Crippen molar-refractivity contribution in [1.29, 1.82) is 0 Å². The Bertz CT molecular complexity index is 528. The van der Waals surface area contributed by atoms with Gasteiger partial charge < -0.3 is 5.11 Å². The minimum Gasteiger partial charge on any atom is -0.478 e. The monoisotopic (exact) mass is 286 g/mol. The van der Waals surface area contributed by atoms with Crippen LogP contribution in [0.1, 0.15) is 47.0 Å². The molecule has 2 nitrogen and oxygen atoms in total. The van der Waals surface area contributed by atoms with E-state index >= 15 is 0 Å². The number of aliphatic carboxylic acids is 1. The first kappa shape index (κ1) is 17.2. The maximum Gasteiger partial charge on any atom is 0.328 e. The molecule has 0 radical (unpaired) electrons. The highest BCUT2D eigenvalue weighted by Gasteiger charge is 2.14. The van der Waals surface area contributed by atoms with Gasteiger partial charge in [0.15, 0.2) is 0 Å². The normalized spacial score (nSPS) is 21.6. The van der Waals surface area contributed by atoms with E-state index in [2.05, 4.69) is 32.9 Å². The summed E-state index contributed by atoms with van der Waals surface area (Å²) in [5, 5.41) is 8.63. The Kier molecular flexibility index (Phi) is 6.93. The van der Waals surface area contributed by atoms with Gasteiger partial charge in [-0.3, -0.25) is 0 Å². The van der Waals surface area contributed by atoms with E-state index in [1.165, 1.54) is 36.5 Å². The van der Waals surface area contributed by atoms with Gasteiger partial charge in [0, 0.05) is 6.08 Å². The molecule has 1 N–H and O–H groups in total. The van der Waals surface area contributed by atoms with E-state index in [9.17, 15) is 4.79 Å². The van der Waals surface area contributed by atoms with Crippen molar-refractivity contribution in [1.82, 2.24) is 0 Å². The SMILES string of the molecule is CC1=C(/C=C/C(C)=C\C=C\C(C)=C\C(=O)O)C(C)CCC1. The maximum atomic E-state index is 10.5. The molecule has 0 bridgehead atoms. The molecule has 0 saturated carbocycles. The summed E-state index contributed by atoms with van der Waals surface area (Å²) in [6.45, 7) is 8.36. The first-order chi connectivity index (χ1) is 9.90. The van der Waals surface area contributed by atoms with Crippen LogP contribution >= 0.6 is 0 Å². The number of carbonyl (C=O) groups is 1. The molecule has 1 aliphatic rings. The number of carboxylic acid groups (broad SMARTS) is 1. The van der Waals surface area contributed by atoms with Crippen molar-refractivity contribution >= 4 is 5.97 Å². The van der Waals surface area contributed by atoms with Gasteiger partial charge in [-0.1, -0.05) is 48.5 Å². The molecule has 1 atom stereocenters. The Hall–Kier alpha value is -1.83. The van der Waals surface area contributed by atoms with Gasteiger partial charge in [-0.15, -0.1) is 0 Å². The van der Waals surface area contributed by atoms with Crippen molar-refractivity contribution in [3.8, 4) is 0 Å². The van der Waals surface area contributed by atoms with Gasteiger partial charge in [-0.05, 0) is 57.1 Å². The van der Waals surface area contributed by atoms with E-state index in [1.807, 2.05) is 12.2 Å². The van der Waals surface area contributed by atoms with E-state index in [1.54, 1.807) is 13.0 Å². The highest BCUT2D eigenvalue weighted by molar-refractivity contribution is 5.81. The molecule has 0 aromatic carbocycles. The summed E-state index contributed by atoms with van der Waals surface area (Å²) in [5.41, 5.74) is 4.87. The lowest BCUT2D eigenvalue weighted by atomic mass is 9.84. The molecule has 0 saturated heterocycles. The topological polar surface area (TPSA) is 37.3 Å². The van der Waals surface area contributed by atoms with Crippen molar-refractivity contribution in [2.75, 3.05) is 0 Å². The Morgan fingerprint density at radius 1 is 1.24 bits per heavy atom. The number of allylic oxidation sites excluding steroid dienone is 9. The van der Waals surface area contributed by atoms with Crippen LogP contribution in [0.15, 0.2) is 58.7 Å². The lowest BCUT2D eigenvalue weighted by Crippen LogP contribution is -2.06. The van der Waals surface area contributed by atoms with Crippen LogP contribution in [-0.4, -0.2) is 11.1 Å². The Balaban J connectivity index is 2.70. The number of hydrogen-bond acceptors (Lipinski definition) is 1. The van der Waals surface area contributed by atoms with Crippen LogP contribution in [0.5, 0.6) is 0 Å². The van der Waals surface area contributed by atoms with Crippen LogP contribution in [0.4, 0.5) is 0 Å². The summed E-state index contributed by atoms with van der Waals surface area (Å²) in [6.07, 6.45) is 15.1. The molecule has 2 heteroatoms. The van der Waals surface area contributed by atoms with Crippen LogP contribution < -0.4 is 0 Å². The largest absolute Gasteiger partial charge is 0.478 e. The third-order valence-electron chi connectivity index (χ3n) is 3.81. The van der Waals surface area contributed by atoms with Crippen molar-refractivity contribution in [2.24, 2.45) is 5.92 Å².